The van der Waals surface area contributed by atoms with E-state index in [-0.39, 0.29) is 37.4 Å². The molecule has 0 radical (unpaired) electrons. The lowest BCUT2D eigenvalue weighted by Gasteiger charge is -2.30. The highest BCUT2D eigenvalue weighted by Gasteiger charge is 2.29. The van der Waals surface area contributed by atoms with Crippen molar-refractivity contribution in [3.63, 3.8) is 0 Å². The van der Waals surface area contributed by atoms with Crippen molar-refractivity contribution >= 4 is 67.1 Å². The van der Waals surface area contributed by atoms with Crippen LogP contribution in [0.15, 0.2) is 75.7 Å². The zero-order valence-electron chi connectivity index (χ0n) is 28.2. The molecule has 1 aliphatic heterocycles. The van der Waals surface area contributed by atoms with Gasteiger partial charge >= 0.3 is 5.97 Å². The molecule has 0 bridgehead atoms. The number of hydrogen-bond acceptors (Lipinski definition) is 9. The average molecular weight is 724 g/mol. The molecule has 49 heavy (non-hydrogen) atoms. The summed E-state index contributed by atoms with van der Waals surface area (Å²) in [6, 6.07) is 9.87. The Labute approximate surface area is 295 Å². The first-order valence-electron chi connectivity index (χ1n) is 15.9. The van der Waals surface area contributed by atoms with E-state index in [0.717, 1.165) is 60.4 Å². The predicted octanol–water partition coefficient (Wildman–Crippen LogP) is 6.09. The van der Waals surface area contributed by atoms with Crippen LogP contribution in [-0.2, 0) is 26.3 Å². The van der Waals surface area contributed by atoms with Crippen molar-refractivity contribution < 1.29 is 37.0 Å². The Morgan fingerprint density at radius 1 is 1.16 bits per heavy atom. The number of hydrogen-bond donors (Lipinski definition) is 2. The summed E-state index contributed by atoms with van der Waals surface area (Å²) in [5.41, 5.74) is 6.28. The van der Waals surface area contributed by atoms with E-state index in [0.29, 0.717) is 5.75 Å². The van der Waals surface area contributed by atoms with E-state index in [1.54, 1.807) is 30.2 Å². The zero-order chi connectivity index (χ0) is 35.5. The van der Waals surface area contributed by atoms with Gasteiger partial charge < -0.3 is 24.6 Å². The number of amides is 1. The fourth-order valence-electron chi connectivity index (χ4n) is 6.06. The van der Waals surface area contributed by atoms with Gasteiger partial charge in [-0.3, -0.25) is 9.59 Å². The molecule has 0 spiro atoms. The van der Waals surface area contributed by atoms with Crippen molar-refractivity contribution in [2.45, 2.75) is 58.4 Å². The van der Waals surface area contributed by atoms with Gasteiger partial charge in [-0.15, -0.1) is 0 Å². The van der Waals surface area contributed by atoms with Crippen LogP contribution in [0.2, 0.25) is 0 Å². The number of anilines is 1. The van der Waals surface area contributed by atoms with Gasteiger partial charge in [0.05, 0.1) is 27.9 Å². The van der Waals surface area contributed by atoms with E-state index < -0.39 is 21.8 Å². The van der Waals surface area contributed by atoms with Crippen LogP contribution in [-0.4, -0.2) is 55.9 Å². The zero-order valence-corrected chi connectivity index (χ0v) is 30.7. The van der Waals surface area contributed by atoms with E-state index in [4.69, 9.17) is 4.74 Å². The van der Waals surface area contributed by atoms with E-state index in [1.807, 2.05) is 46.7 Å². The van der Waals surface area contributed by atoms with Crippen molar-refractivity contribution in [1.82, 2.24) is 5.32 Å². The monoisotopic (exact) mass is 723 g/mol. The number of carbonyl (C=O) groups excluding carboxylic acids is 1. The first-order valence-corrected chi connectivity index (χ1v) is 19.1. The van der Waals surface area contributed by atoms with Crippen LogP contribution >= 0.6 is 23.1 Å². The van der Waals surface area contributed by atoms with E-state index in [2.05, 4.69) is 56.4 Å². The molecule has 5 rings (SSSR count). The standard InChI is InChI=1S/C36H41N3O7S3/c1-23-14-29-30(15-24(23)2)47-33(39(29)22-35(41)42)9-6-8-25-16-26(20-36(3,4)19-25)17-34-38(21-32(40)37-12-7-13-49(43,44)45)28-11-10-27(46-5)18-31(28)48-34/h6,8-11,14-18H,7,12-13,19-22H2,1-5H3,(H2-,37,40,41,42,43,44,45). The summed E-state index contributed by atoms with van der Waals surface area (Å²) in [7, 11) is -2.73. The van der Waals surface area contributed by atoms with Gasteiger partial charge in [0.1, 0.15) is 17.0 Å². The number of aromatic nitrogens is 1. The second-order valence-corrected chi connectivity index (χ2v) is 16.8. The molecule has 0 atom stereocenters. The van der Waals surface area contributed by atoms with Crippen molar-refractivity contribution in [2.75, 3.05) is 30.9 Å². The summed E-state index contributed by atoms with van der Waals surface area (Å²) < 4.78 is 41.2. The number of carboxylic acid groups (broad SMARTS) is 1. The highest BCUT2D eigenvalue weighted by molar-refractivity contribution is 8.03. The SMILES string of the molecule is COc1ccc2c(c1)sc(/C=C1C=C(/C=C/C=C3\Sc4cc(C)c(C)cc4N3CC(=O)O)CC(C)(C)C/1)[n+]2CC(=O)NCCCS(=O)(=O)[O-]. The number of carbonyl (C=O) groups is 2. The number of thiazole rings is 1. The first-order chi connectivity index (χ1) is 23.1. The van der Waals surface area contributed by atoms with Crippen LogP contribution < -0.4 is 19.5 Å². The number of rotatable bonds is 12. The van der Waals surface area contributed by atoms with Gasteiger partial charge in [0.25, 0.3) is 10.9 Å². The lowest BCUT2D eigenvalue weighted by Crippen LogP contribution is -2.44. The number of nitrogens with one attached hydrogen (secondary N) is 1. The Hall–Kier alpha value is -3.91. The Kier molecular flexibility index (Phi) is 11.1. The fourth-order valence-corrected chi connectivity index (χ4v) is 8.87. The summed E-state index contributed by atoms with van der Waals surface area (Å²) in [6.45, 7) is 8.53. The Bertz CT molecular complexity index is 2020. The van der Waals surface area contributed by atoms with Crippen LogP contribution in [0.3, 0.4) is 0 Å². The van der Waals surface area contributed by atoms with Crippen LogP contribution in [0.4, 0.5) is 5.69 Å². The highest BCUT2D eigenvalue weighted by atomic mass is 32.2. The number of fused-ring (bicyclic) bond motifs is 2. The topological polar surface area (TPSA) is 140 Å². The van der Waals surface area contributed by atoms with Crippen LogP contribution in [0.1, 0.15) is 49.2 Å². The van der Waals surface area contributed by atoms with E-state index >= 15 is 0 Å². The molecule has 0 unspecified atom stereocenters. The second-order valence-electron chi connectivity index (χ2n) is 13.1. The minimum atomic E-state index is -4.34. The number of nitrogens with zero attached hydrogens (tertiary/aromatic N) is 2. The van der Waals surface area contributed by atoms with Crippen LogP contribution in [0, 0.1) is 19.3 Å². The molecule has 1 aliphatic carbocycles. The van der Waals surface area contributed by atoms with Crippen molar-refractivity contribution in [3.8, 4) is 5.75 Å². The molecular weight excluding hydrogens is 683 g/mol. The molecule has 260 valence electrons. The molecule has 2 N–H and O–H groups in total. The number of thioether (sulfide) groups is 1. The summed E-state index contributed by atoms with van der Waals surface area (Å²) in [6.07, 6.45) is 12.1. The van der Waals surface area contributed by atoms with Crippen LogP contribution in [0.25, 0.3) is 16.3 Å². The van der Waals surface area contributed by atoms with Gasteiger partial charge in [0.15, 0.2) is 0 Å². The number of carboxylic acids is 1. The van der Waals surface area contributed by atoms with Crippen molar-refractivity contribution in [3.05, 3.63) is 86.9 Å². The lowest BCUT2D eigenvalue weighted by molar-refractivity contribution is -0.655. The first kappa shape index (κ1) is 36.4. The minimum absolute atomic E-state index is 0.0228. The van der Waals surface area contributed by atoms with Gasteiger partial charge in [-0.05, 0) is 85.1 Å². The molecule has 1 amide bonds. The number of ether oxygens (including phenoxy) is 1. The van der Waals surface area contributed by atoms with Gasteiger partial charge in [-0.25, -0.2) is 8.42 Å². The third kappa shape index (κ3) is 9.41. The maximum atomic E-state index is 13.0. The predicted molar refractivity (Wildman–Crippen MR) is 194 cm³/mol. The molecule has 2 aliphatic rings. The molecular formula is C36H41N3O7S3. The van der Waals surface area contributed by atoms with Crippen molar-refractivity contribution in [1.29, 1.82) is 0 Å². The molecule has 0 saturated heterocycles. The fraction of sp³-hybridized carbons (Fsp3) is 0.361. The summed E-state index contributed by atoms with van der Waals surface area (Å²) >= 11 is 3.12. The van der Waals surface area contributed by atoms with Crippen molar-refractivity contribution in [2.24, 2.45) is 5.41 Å². The molecule has 10 nitrogen and oxygen atoms in total. The maximum Gasteiger partial charge on any atom is 0.323 e. The third-order valence-electron chi connectivity index (χ3n) is 8.37. The molecule has 2 aromatic carbocycles. The lowest BCUT2D eigenvalue weighted by atomic mass is 9.75. The number of benzene rings is 2. The largest absolute Gasteiger partial charge is 0.748 e. The highest BCUT2D eigenvalue weighted by Crippen LogP contribution is 2.47. The number of methoxy groups -OCH3 is 1. The third-order valence-corrected chi connectivity index (χ3v) is 11.4. The molecule has 0 saturated carbocycles. The smallest absolute Gasteiger partial charge is 0.323 e. The summed E-state index contributed by atoms with van der Waals surface area (Å²) in [5, 5.41) is 14.1. The van der Waals surface area contributed by atoms with Gasteiger partial charge in [-0.1, -0.05) is 55.2 Å². The Morgan fingerprint density at radius 2 is 1.92 bits per heavy atom. The van der Waals surface area contributed by atoms with Crippen LogP contribution in [0.5, 0.6) is 5.75 Å². The number of aliphatic carboxylic acids is 1. The number of aryl methyl sites for hydroxylation is 2. The minimum Gasteiger partial charge on any atom is -0.748 e. The summed E-state index contributed by atoms with van der Waals surface area (Å²) in [4.78, 5) is 27.6. The normalized spacial score (nSPS) is 17.6. The second kappa shape index (κ2) is 14.9. The van der Waals surface area contributed by atoms with Gasteiger partial charge in [-0.2, -0.15) is 4.57 Å². The Balaban J connectivity index is 1.42. The molecule has 13 heteroatoms. The van der Waals surface area contributed by atoms with Gasteiger partial charge in [0, 0.05) is 35.4 Å². The molecule has 3 aromatic rings. The van der Waals surface area contributed by atoms with E-state index in [9.17, 15) is 27.7 Å². The average Bonchev–Trinajstić information content (AvgIpc) is 3.49. The van der Waals surface area contributed by atoms with Gasteiger partial charge in [0.2, 0.25) is 12.1 Å². The summed E-state index contributed by atoms with van der Waals surface area (Å²) in [5.74, 6) is -0.994. The molecule has 0 fully saturated rings. The quantitative estimate of drug-likeness (QED) is 0.129. The maximum absolute atomic E-state index is 13.0. The number of allylic oxidation sites excluding steroid dienone is 6. The molecule has 2 heterocycles. The Morgan fingerprint density at radius 3 is 2.63 bits per heavy atom. The van der Waals surface area contributed by atoms with E-state index in [1.165, 1.54) is 5.56 Å². The molecule has 1 aromatic heterocycles.